The van der Waals surface area contributed by atoms with Crippen molar-refractivity contribution in [3.63, 3.8) is 0 Å². The molecule has 0 bridgehead atoms. The summed E-state index contributed by atoms with van der Waals surface area (Å²) in [5, 5.41) is 0. The number of carbonyl (C=O) groups is 2. The van der Waals surface area contributed by atoms with Crippen LogP contribution in [0.2, 0.25) is 0 Å². The maximum absolute atomic E-state index is 13.4. The number of aromatic nitrogens is 2. The van der Waals surface area contributed by atoms with Gasteiger partial charge < -0.3 is 14.6 Å². The lowest BCUT2D eigenvalue weighted by Crippen LogP contribution is -2.49. The molecule has 6 heteroatoms. The van der Waals surface area contributed by atoms with Gasteiger partial charge in [-0.05, 0) is 61.1 Å². The van der Waals surface area contributed by atoms with Crippen molar-refractivity contribution in [2.75, 3.05) is 13.7 Å². The molecular formula is C23H23N3O3. The average Bonchev–Trinajstić information content (AvgIpc) is 3.25. The van der Waals surface area contributed by atoms with Crippen LogP contribution in [0.5, 0.6) is 0 Å². The number of hydrogen-bond donors (Lipinski definition) is 1. The van der Waals surface area contributed by atoms with E-state index in [0.29, 0.717) is 11.1 Å². The number of nitrogens with one attached hydrogen (secondary N) is 1. The predicted molar refractivity (Wildman–Crippen MR) is 109 cm³/mol. The van der Waals surface area contributed by atoms with E-state index >= 15 is 0 Å². The van der Waals surface area contributed by atoms with Crippen LogP contribution in [-0.2, 0) is 11.2 Å². The number of imidazole rings is 1. The Hall–Kier alpha value is -3.15. The number of ether oxygens (including phenoxy) is 1. The van der Waals surface area contributed by atoms with Crippen LogP contribution in [0.25, 0.3) is 11.0 Å². The summed E-state index contributed by atoms with van der Waals surface area (Å²) < 4.78 is 5.03. The first-order valence-electron chi connectivity index (χ1n) is 10.1. The molecule has 1 aromatic heterocycles. The third kappa shape index (κ3) is 2.90. The molecule has 148 valence electrons. The molecular weight excluding hydrogens is 366 g/mol. The van der Waals surface area contributed by atoms with Crippen molar-refractivity contribution in [2.45, 2.75) is 37.6 Å². The molecule has 2 heterocycles. The van der Waals surface area contributed by atoms with Crippen molar-refractivity contribution in [3.05, 3.63) is 65.0 Å². The van der Waals surface area contributed by atoms with Crippen LogP contribution in [0.4, 0.5) is 0 Å². The number of esters is 1. The Bertz CT molecular complexity index is 1100. The standard InChI is InChI=1S/C23H23N3O3/c1-29-23(28)17-5-2-4-14-8-10-20-16(21(14)17)6-3-11-26(20)22(27)15-7-9-18-19(12-15)25-13-24-18/h2,4-5,7,9,12-13,16,20H,3,6,8,10-11H2,1H3,(H,24,25)/t16-,20-/m1/s1. The summed E-state index contributed by atoms with van der Waals surface area (Å²) in [4.78, 5) is 35.1. The number of rotatable bonds is 2. The zero-order valence-corrected chi connectivity index (χ0v) is 16.4. The normalized spacial score (nSPS) is 20.8. The van der Waals surface area contributed by atoms with E-state index in [0.717, 1.165) is 48.8 Å². The molecule has 0 spiro atoms. The minimum atomic E-state index is -0.296. The summed E-state index contributed by atoms with van der Waals surface area (Å²) in [6.45, 7) is 0.747. The van der Waals surface area contributed by atoms with Gasteiger partial charge in [-0.25, -0.2) is 9.78 Å². The Balaban J connectivity index is 1.51. The molecule has 2 aliphatic rings. The highest BCUT2D eigenvalue weighted by Crippen LogP contribution is 2.43. The molecule has 0 radical (unpaired) electrons. The summed E-state index contributed by atoms with van der Waals surface area (Å²) in [5.74, 6) is -0.0755. The molecule has 0 unspecified atom stereocenters. The van der Waals surface area contributed by atoms with Crippen LogP contribution in [0.3, 0.4) is 0 Å². The Morgan fingerprint density at radius 2 is 2.10 bits per heavy atom. The number of likely N-dealkylation sites (tertiary alicyclic amines) is 1. The first kappa shape index (κ1) is 17.9. The molecule has 1 aliphatic heterocycles. The maximum atomic E-state index is 13.4. The fourth-order valence-corrected chi connectivity index (χ4v) is 5.10. The van der Waals surface area contributed by atoms with Crippen molar-refractivity contribution >= 4 is 22.9 Å². The molecule has 6 nitrogen and oxygen atoms in total. The number of methoxy groups -OCH3 is 1. The number of carbonyl (C=O) groups excluding carboxylic acids is 2. The van der Waals surface area contributed by atoms with Gasteiger partial charge in [0, 0.05) is 24.1 Å². The lowest BCUT2D eigenvalue weighted by Gasteiger charge is -2.45. The van der Waals surface area contributed by atoms with Gasteiger partial charge >= 0.3 is 5.97 Å². The van der Waals surface area contributed by atoms with Gasteiger partial charge in [0.1, 0.15) is 0 Å². The summed E-state index contributed by atoms with van der Waals surface area (Å²) in [6, 6.07) is 11.6. The molecule has 3 aromatic rings. The summed E-state index contributed by atoms with van der Waals surface area (Å²) in [6.07, 6.45) is 5.33. The van der Waals surface area contributed by atoms with Crippen molar-refractivity contribution in [1.29, 1.82) is 0 Å². The molecule has 0 saturated carbocycles. The monoisotopic (exact) mass is 389 g/mol. The Morgan fingerprint density at radius 3 is 2.97 bits per heavy atom. The van der Waals surface area contributed by atoms with Crippen molar-refractivity contribution < 1.29 is 14.3 Å². The van der Waals surface area contributed by atoms with Crippen LogP contribution < -0.4 is 0 Å². The summed E-state index contributed by atoms with van der Waals surface area (Å²) in [5.41, 5.74) is 5.33. The zero-order valence-electron chi connectivity index (χ0n) is 16.4. The fraction of sp³-hybridized carbons (Fsp3) is 0.348. The number of aromatic amines is 1. The fourth-order valence-electron chi connectivity index (χ4n) is 5.10. The van der Waals surface area contributed by atoms with Crippen LogP contribution in [0.15, 0.2) is 42.7 Å². The second-order valence-electron chi connectivity index (χ2n) is 7.86. The Labute approximate surface area is 168 Å². The SMILES string of the molecule is COC(=O)c1cccc2c1[C@@H]1CCCN(C(=O)c3ccc4nc[nH]c4c3)[C@@H]1CC2. The van der Waals surface area contributed by atoms with Gasteiger partial charge in [-0.3, -0.25) is 4.79 Å². The molecule has 1 amide bonds. The highest BCUT2D eigenvalue weighted by atomic mass is 16.5. The molecule has 1 saturated heterocycles. The topological polar surface area (TPSA) is 75.3 Å². The number of nitrogens with zero attached hydrogens (tertiary/aromatic N) is 2. The number of benzene rings is 2. The number of H-pyrrole nitrogens is 1. The molecule has 5 rings (SSSR count). The van der Waals surface area contributed by atoms with Crippen LogP contribution in [-0.4, -0.2) is 46.4 Å². The highest BCUT2D eigenvalue weighted by Gasteiger charge is 2.40. The number of hydrogen-bond acceptors (Lipinski definition) is 4. The molecule has 1 aliphatic carbocycles. The Morgan fingerprint density at radius 1 is 1.21 bits per heavy atom. The van der Waals surface area contributed by atoms with Gasteiger partial charge in [0.15, 0.2) is 0 Å². The van der Waals surface area contributed by atoms with E-state index in [2.05, 4.69) is 16.0 Å². The molecule has 29 heavy (non-hydrogen) atoms. The van der Waals surface area contributed by atoms with Gasteiger partial charge in [0.25, 0.3) is 5.91 Å². The predicted octanol–water partition coefficient (Wildman–Crippen LogP) is 3.68. The number of piperidine rings is 1. The molecule has 2 aromatic carbocycles. The number of aryl methyl sites for hydroxylation is 1. The van der Waals surface area contributed by atoms with E-state index < -0.39 is 0 Å². The first-order chi connectivity index (χ1) is 14.2. The van der Waals surface area contributed by atoms with E-state index in [1.54, 1.807) is 6.33 Å². The largest absolute Gasteiger partial charge is 0.465 e. The van der Waals surface area contributed by atoms with Crippen molar-refractivity contribution in [3.8, 4) is 0 Å². The molecule has 2 atom stereocenters. The Kier molecular flexibility index (Phi) is 4.34. The third-order valence-corrected chi connectivity index (χ3v) is 6.39. The van der Waals surface area contributed by atoms with Crippen molar-refractivity contribution in [1.82, 2.24) is 14.9 Å². The van der Waals surface area contributed by atoms with Crippen LogP contribution in [0, 0.1) is 0 Å². The van der Waals surface area contributed by atoms with E-state index in [-0.39, 0.29) is 23.8 Å². The highest BCUT2D eigenvalue weighted by molar-refractivity contribution is 5.98. The van der Waals surface area contributed by atoms with E-state index in [9.17, 15) is 9.59 Å². The molecule has 1 N–H and O–H groups in total. The second kappa shape index (κ2) is 7.03. The van der Waals surface area contributed by atoms with E-state index in [1.165, 1.54) is 12.7 Å². The third-order valence-electron chi connectivity index (χ3n) is 6.39. The minimum Gasteiger partial charge on any atom is -0.465 e. The molecule has 1 fully saturated rings. The first-order valence-corrected chi connectivity index (χ1v) is 10.1. The van der Waals surface area contributed by atoms with Gasteiger partial charge in [-0.2, -0.15) is 0 Å². The van der Waals surface area contributed by atoms with Gasteiger partial charge in [0.05, 0.1) is 30.0 Å². The van der Waals surface area contributed by atoms with E-state index in [1.807, 2.05) is 35.2 Å². The van der Waals surface area contributed by atoms with E-state index in [4.69, 9.17) is 4.74 Å². The summed E-state index contributed by atoms with van der Waals surface area (Å²) >= 11 is 0. The zero-order chi connectivity index (χ0) is 20.0. The van der Waals surface area contributed by atoms with Crippen LogP contribution in [0.1, 0.15) is 57.0 Å². The summed E-state index contributed by atoms with van der Waals surface area (Å²) in [7, 11) is 1.42. The number of fused-ring (bicyclic) bond motifs is 4. The minimum absolute atomic E-state index is 0.0511. The maximum Gasteiger partial charge on any atom is 0.338 e. The number of amides is 1. The van der Waals surface area contributed by atoms with Crippen LogP contribution >= 0.6 is 0 Å². The quantitative estimate of drug-likeness (QED) is 0.679. The van der Waals surface area contributed by atoms with Gasteiger partial charge in [-0.1, -0.05) is 12.1 Å². The lowest BCUT2D eigenvalue weighted by molar-refractivity contribution is 0.0539. The average molecular weight is 389 g/mol. The lowest BCUT2D eigenvalue weighted by atomic mass is 9.72. The second-order valence-corrected chi connectivity index (χ2v) is 7.86. The van der Waals surface area contributed by atoms with Gasteiger partial charge in [-0.15, -0.1) is 0 Å². The smallest absolute Gasteiger partial charge is 0.338 e. The van der Waals surface area contributed by atoms with Crippen molar-refractivity contribution in [2.24, 2.45) is 0 Å². The van der Waals surface area contributed by atoms with Gasteiger partial charge in [0.2, 0.25) is 0 Å².